The Morgan fingerprint density at radius 1 is 1.04 bits per heavy atom. The van der Waals surface area contributed by atoms with Crippen molar-refractivity contribution in [2.45, 2.75) is 63.2 Å². The molecule has 2 aliphatic heterocycles. The predicted octanol–water partition coefficient (Wildman–Crippen LogP) is 3.48. The highest BCUT2D eigenvalue weighted by molar-refractivity contribution is 7.88. The second-order valence-corrected chi connectivity index (χ2v) is 10.1. The molecule has 0 radical (unpaired) electrons. The molecule has 0 amide bonds. The normalized spacial score (nSPS) is 25.6. The fourth-order valence-corrected chi connectivity index (χ4v) is 6.11. The zero-order chi connectivity index (χ0) is 19.3. The van der Waals surface area contributed by atoms with Crippen molar-refractivity contribution >= 4 is 10.0 Å². The molecule has 0 N–H and O–H groups in total. The molecule has 0 saturated carbocycles. The molecule has 4 nitrogen and oxygen atoms in total. The Morgan fingerprint density at radius 3 is 2.08 bits per heavy atom. The SMILES string of the molecule is CC(C)(C)N1CC2CCC(C1)N2S(=O)(=O)Cc1ccccc1C(F)(F)F. The quantitative estimate of drug-likeness (QED) is 0.793. The third-order valence-corrected chi connectivity index (χ3v) is 7.26. The molecule has 1 aromatic carbocycles. The van der Waals surface area contributed by atoms with E-state index >= 15 is 0 Å². The first-order valence-electron chi connectivity index (χ1n) is 8.81. The maximum atomic E-state index is 13.2. The van der Waals surface area contributed by atoms with Gasteiger partial charge in [0.2, 0.25) is 10.0 Å². The Hall–Kier alpha value is -1.12. The van der Waals surface area contributed by atoms with Crippen LogP contribution in [0.1, 0.15) is 44.7 Å². The Kier molecular flexibility index (Phi) is 4.90. The monoisotopic (exact) mass is 390 g/mol. The van der Waals surface area contributed by atoms with Gasteiger partial charge in [0.25, 0.3) is 0 Å². The molecule has 2 heterocycles. The van der Waals surface area contributed by atoms with E-state index in [-0.39, 0.29) is 23.2 Å². The first-order valence-corrected chi connectivity index (χ1v) is 10.4. The number of hydrogen-bond acceptors (Lipinski definition) is 3. The van der Waals surface area contributed by atoms with Gasteiger partial charge in [-0.15, -0.1) is 0 Å². The zero-order valence-corrected chi connectivity index (χ0v) is 16.1. The minimum absolute atomic E-state index is 0.0560. The van der Waals surface area contributed by atoms with E-state index in [0.29, 0.717) is 13.1 Å². The van der Waals surface area contributed by atoms with Gasteiger partial charge in [-0.25, -0.2) is 8.42 Å². The summed E-state index contributed by atoms with van der Waals surface area (Å²) in [4.78, 5) is 2.27. The van der Waals surface area contributed by atoms with E-state index in [0.717, 1.165) is 18.9 Å². The van der Waals surface area contributed by atoms with Crippen LogP contribution in [0.3, 0.4) is 0 Å². The minimum atomic E-state index is -4.56. The molecular formula is C18H25F3N2O2S. The maximum Gasteiger partial charge on any atom is 0.416 e. The van der Waals surface area contributed by atoms with Gasteiger partial charge in [-0.05, 0) is 45.2 Å². The Morgan fingerprint density at radius 2 is 1.58 bits per heavy atom. The van der Waals surface area contributed by atoms with Crippen molar-refractivity contribution in [2.75, 3.05) is 13.1 Å². The first kappa shape index (κ1) is 19.6. The van der Waals surface area contributed by atoms with Crippen molar-refractivity contribution in [3.63, 3.8) is 0 Å². The standard InChI is InChI=1S/C18H25F3N2O2S/c1-17(2,3)22-10-14-8-9-15(11-22)23(14)26(24,25)12-13-6-4-5-7-16(13)18(19,20)21/h4-7,14-15H,8-12H2,1-3H3. The second-order valence-electron chi connectivity index (χ2n) is 8.20. The maximum absolute atomic E-state index is 13.2. The molecule has 2 saturated heterocycles. The number of likely N-dealkylation sites (tertiary alicyclic amines) is 1. The molecule has 2 atom stereocenters. The lowest BCUT2D eigenvalue weighted by atomic mass is 10.0. The first-order chi connectivity index (χ1) is 11.9. The van der Waals surface area contributed by atoms with Crippen molar-refractivity contribution < 1.29 is 21.6 Å². The van der Waals surface area contributed by atoms with Gasteiger partial charge in [0.05, 0.1) is 11.3 Å². The second kappa shape index (κ2) is 6.49. The number of benzene rings is 1. The summed E-state index contributed by atoms with van der Waals surface area (Å²) in [6, 6.07) is 4.62. The lowest BCUT2D eigenvalue weighted by Crippen LogP contribution is -2.60. The van der Waals surface area contributed by atoms with E-state index in [4.69, 9.17) is 0 Å². The van der Waals surface area contributed by atoms with E-state index in [1.807, 2.05) is 0 Å². The number of nitrogens with zero attached hydrogens (tertiary/aromatic N) is 2. The number of piperazine rings is 1. The van der Waals surface area contributed by atoms with Crippen LogP contribution >= 0.6 is 0 Å². The van der Waals surface area contributed by atoms with Crippen LogP contribution in [0.25, 0.3) is 0 Å². The largest absolute Gasteiger partial charge is 0.416 e. The Bertz CT molecular complexity index is 757. The number of halogens is 3. The summed E-state index contributed by atoms with van der Waals surface area (Å²) in [7, 11) is -3.82. The smallest absolute Gasteiger partial charge is 0.295 e. The van der Waals surface area contributed by atoms with Crippen LogP contribution in [-0.2, 0) is 22.0 Å². The van der Waals surface area contributed by atoms with Crippen molar-refractivity contribution in [2.24, 2.45) is 0 Å². The highest BCUT2D eigenvalue weighted by Crippen LogP contribution is 2.38. The molecule has 8 heteroatoms. The summed E-state index contributed by atoms with van der Waals surface area (Å²) < 4.78 is 67.1. The average molecular weight is 390 g/mol. The summed E-state index contributed by atoms with van der Waals surface area (Å²) in [5.41, 5.74) is -1.11. The number of fused-ring (bicyclic) bond motifs is 2. The van der Waals surface area contributed by atoms with Gasteiger partial charge in [0.1, 0.15) is 0 Å². The molecular weight excluding hydrogens is 365 g/mol. The Balaban J connectivity index is 1.85. The molecule has 3 rings (SSSR count). The molecule has 0 aliphatic carbocycles. The van der Waals surface area contributed by atoms with Gasteiger partial charge < -0.3 is 0 Å². The van der Waals surface area contributed by atoms with Crippen LogP contribution in [0, 0.1) is 0 Å². The molecule has 2 bridgehead atoms. The van der Waals surface area contributed by atoms with Gasteiger partial charge in [-0.1, -0.05) is 18.2 Å². The van der Waals surface area contributed by atoms with Crippen LogP contribution in [-0.4, -0.2) is 48.3 Å². The van der Waals surface area contributed by atoms with E-state index in [1.54, 1.807) is 0 Å². The number of sulfonamides is 1. The van der Waals surface area contributed by atoms with Crippen molar-refractivity contribution in [3.05, 3.63) is 35.4 Å². The van der Waals surface area contributed by atoms with Gasteiger partial charge in [-0.2, -0.15) is 17.5 Å². The highest BCUT2D eigenvalue weighted by Gasteiger charge is 2.48. The van der Waals surface area contributed by atoms with Crippen LogP contribution in [0.4, 0.5) is 13.2 Å². The molecule has 2 fully saturated rings. The molecule has 2 unspecified atom stereocenters. The number of rotatable bonds is 3. The van der Waals surface area contributed by atoms with Crippen LogP contribution in [0.5, 0.6) is 0 Å². The molecule has 26 heavy (non-hydrogen) atoms. The van der Waals surface area contributed by atoms with E-state index in [2.05, 4.69) is 25.7 Å². The summed E-state index contributed by atoms with van der Waals surface area (Å²) in [6.45, 7) is 7.53. The lowest BCUT2D eigenvalue weighted by molar-refractivity contribution is -0.138. The molecule has 1 aromatic rings. The van der Waals surface area contributed by atoms with Crippen LogP contribution in [0.2, 0.25) is 0 Å². The summed E-state index contributed by atoms with van der Waals surface area (Å²) in [5, 5.41) is 0. The summed E-state index contributed by atoms with van der Waals surface area (Å²) >= 11 is 0. The number of hydrogen-bond donors (Lipinski definition) is 0. The van der Waals surface area contributed by atoms with Crippen molar-refractivity contribution in [3.8, 4) is 0 Å². The fraction of sp³-hybridized carbons (Fsp3) is 0.667. The minimum Gasteiger partial charge on any atom is -0.295 e. The molecule has 2 aliphatic rings. The van der Waals surface area contributed by atoms with Crippen molar-refractivity contribution in [1.82, 2.24) is 9.21 Å². The van der Waals surface area contributed by atoms with E-state index < -0.39 is 27.5 Å². The fourth-order valence-electron chi connectivity index (χ4n) is 4.06. The average Bonchev–Trinajstić information content (AvgIpc) is 2.77. The van der Waals surface area contributed by atoms with Gasteiger partial charge >= 0.3 is 6.18 Å². The summed E-state index contributed by atoms with van der Waals surface area (Å²) in [5.74, 6) is -0.606. The third kappa shape index (κ3) is 3.77. The predicted molar refractivity (Wildman–Crippen MR) is 94.0 cm³/mol. The summed E-state index contributed by atoms with van der Waals surface area (Å²) in [6.07, 6.45) is -3.04. The van der Waals surface area contributed by atoms with Crippen LogP contribution in [0.15, 0.2) is 24.3 Å². The van der Waals surface area contributed by atoms with Gasteiger partial charge in [0.15, 0.2) is 0 Å². The van der Waals surface area contributed by atoms with E-state index in [9.17, 15) is 21.6 Å². The third-order valence-electron chi connectivity index (χ3n) is 5.35. The molecule has 146 valence electrons. The zero-order valence-electron chi connectivity index (χ0n) is 15.3. The molecule has 0 aromatic heterocycles. The van der Waals surface area contributed by atoms with Gasteiger partial charge in [0, 0.05) is 30.7 Å². The molecule has 0 spiro atoms. The topological polar surface area (TPSA) is 40.6 Å². The lowest BCUT2D eigenvalue weighted by Gasteiger charge is -2.46. The highest BCUT2D eigenvalue weighted by atomic mass is 32.2. The van der Waals surface area contributed by atoms with Crippen LogP contribution < -0.4 is 0 Å². The Labute approximate surface area is 153 Å². The van der Waals surface area contributed by atoms with E-state index in [1.165, 1.54) is 22.5 Å². The number of alkyl halides is 3. The van der Waals surface area contributed by atoms with Crippen molar-refractivity contribution in [1.29, 1.82) is 0 Å². The van der Waals surface area contributed by atoms with Gasteiger partial charge in [-0.3, -0.25) is 4.90 Å².